The number of halogens is 1. The quantitative estimate of drug-likeness (QED) is 0.543. The molecule has 0 spiro atoms. The van der Waals surface area contributed by atoms with E-state index in [1.165, 1.54) is 24.8 Å². The smallest absolute Gasteiger partial charge is 0.226 e. The summed E-state index contributed by atoms with van der Waals surface area (Å²) < 4.78 is 0.260. The third-order valence-electron chi connectivity index (χ3n) is 6.11. The van der Waals surface area contributed by atoms with Crippen molar-refractivity contribution in [3.63, 3.8) is 0 Å². The Hall–Kier alpha value is -0.480. The standard InChI is InChI=1S/C20H26BrNOS/c21-20-11-16-8-17(12-20)10-19(9-16,14-20)18(23)22-6-7-24-13-15-4-2-1-3-5-15/h1-5,16-17H,6-14H2,(H,22,23). The van der Waals surface area contributed by atoms with Gasteiger partial charge in [0.2, 0.25) is 5.91 Å². The fourth-order valence-corrected chi connectivity index (χ4v) is 7.88. The first-order chi connectivity index (χ1) is 11.6. The average Bonchev–Trinajstić information content (AvgIpc) is 2.53. The van der Waals surface area contributed by atoms with E-state index in [1.54, 1.807) is 0 Å². The highest BCUT2D eigenvalue weighted by Crippen LogP contribution is 2.64. The minimum Gasteiger partial charge on any atom is -0.355 e. The van der Waals surface area contributed by atoms with Crippen molar-refractivity contribution < 1.29 is 4.79 Å². The summed E-state index contributed by atoms with van der Waals surface area (Å²) in [7, 11) is 0. The van der Waals surface area contributed by atoms with Crippen LogP contribution in [0.1, 0.15) is 44.1 Å². The number of nitrogens with one attached hydrogen (secondary N) is 1. The van der Waals surface area contributed by atoms with Crippen LogP contribution < -0.4 is 5.32 Å². The molecule has 1 aromatic carbocycles. The molecule has 0 radical (unpaired) electrons. The van der Waals surface area contributed by atoms with Crippen molar-refractivity contribution in [3.05, 3.63) is 35.9 Å². The van der Waals surface area contributed by atoms with Crippen LogP contribution in [0.25, 0.3) is 0 Å². The van der Waals surface area contributed by atoms with E-state index in [4.69, 9.17) is 0 Å². The highest BCUT2D eigenvalue weighted by Gasteiger charge is 2.59. The maximum absolute atomic E-state index is 12.9. The van der Waals surface area contributed by atoms with Crippen molar-refractivity contribution in [2.45, 2.75) is 48.6 Å². The predicted octanol–water partition coefficient (Wildman–Crippen LogP) is 4.77. The van der Waals surface area contributed by atoms with E-state index in [0.29, 0.717) is 5.91 Å². The first-order valence-corrected chi connectivity index (χ1v) is 11.1. The van der Waals surface area contributed by atoms with Gasteiger partial charge >= 0.3 is 0 Å². The third-order valence-corrected chi connectivity index (χ3v) is 8.07. The van der Waals surface area contributed by atoms with E-state index in [2.05, 4.69) is 51.6 Å². The van der Waals surface area contributed by atoms with Gasteiger partial charge in [0.15, 0.2) is 0 Å². The molecule has 1 amide bonds. The summed E-state index contributed by atoms with van der Waals surface area (Å²) in [5.41, 5.74) is 1.29. The molecule has 0 aromatic heterocycles. The molecule has 2 nitrogen and oxygen atoms in total. The van der Waals surface area contributed by atoms with E-state index >= 15 is 0 Å². The van der Waals surface area contributed by atoms with Crippen molar-refractivity contribution in [2.24, 2.45) is 17.3 Å². The van der Waals surface area contributed by atoms with E-state index in [0.717, 1.165) is 49.1 Å². The number of rotatable bonds is 6. The Kier molecular flexibility index (Phi) is 4.72. The Labute approximate surface area is 157 Å². The molecule has 0 heterocycles. The second kappa shape index (κ2) is 6.68. The summed E-state index contributed by atoms with van der Waals surface area (Å²) in [6.45, 7) is 0.794. The van der Waals surface area contributed by atoms with Crippen LogP contribution >= 0.6 is 27.7 Å². The van der Waals surface area contributed by atoms with Crippen molar-refractivity contribution in [1.29, 1.82) is 0 Å². The van der Waals surface area contributed by atoms with E-state index in [9.17, 15) is 4.79 Å². The van der Waals surface area contributed by atoms with Gasteiger partial charge in [-0.1, -0.05) is 46.3 Å². The third kappa shape index (κ3) is 3.41. The van der Waals surface area contributed by atoms with Crippen molar-refractivity contribution in [1.82, 2.24) is 5.32 Å². The number of benzene rings is 1. The molecule has 1 aromatic rings. The lowest BCUT2D eigenvalue weighted by atomic mass is 9.49. The SMILES string of the molecule is O=C(NCCSCc1ccccc1)C12CC3CC(CC(Br)(C3)C1)C2. The molecule has 4 heteroatoms. The van der Waals surface area contributed by atoms with Crippen LogP contribution in [-0.4, -0.2) is 22.5 Å². The molecule has 4 bridgehead atoms. The molecule has 5 rings (SSSR count). The molecule has 130 valence electrons. The van der Waals surface area contributed by atoms with Crippen molar-refractivity contribution in [3.8, 4) is 0 Å². The van der Waals surface area contributed by atoms with Crippen LogP contribution in [-0.2, 0) is 10.5 Å². The lowest BCUT2D eigenvalue weighted by Gasteiger charge is -2.59. The molecule has 4 fully saturated rings. The first-order valence-electron chi connectivity index (χ1n) is 9.16. The number of carbonyl (C=O) groups excluding carboxylic acids is 1. The zero-order valence-electron chi connectivity index (χ0n) is 14.1. The molecule has 4 aliphatic carbocycles. The Morgan fingerprint density at radius 3 is 2.54 bits per heavy atom. The van der Waals surface area contributed by atoms with Gasteiger partial charge in [0.05, 0.1) is 5.41 Å². The number of hydrogen-bond donors (Lipinski definition) is 1. The zero-order valence-corrected chi connectivity index (χ0v) is 16.5. The lowest BCUT2D eigenvalue weighted by Crippen LogP contribution is -2.58. The van der Waals surface area contributed by atoms with Crippen molar-refractivity contribution in [2.75, 3.05) is 12.3 Å². The van der Waals surface area contributed by atoms with Crippen LogP contribution in [0, 0.1) is 17.3 Å². The molecular weight excluding hydrogens is 382 g/mol. The van der Waals surface area contributed by atoms with E-state index in [-0.39, 0.29) is 9.74 Å². The summed E-state index contributed by atoms with van der Waals surface area (Å²) in [5, 5.41) is 3.26. The van der Waals surface area contributed by atoms with Gasteiger partial charge in [-0.25, -0.2) is 0 Å². The molecule has 24 heavy (non-hydrogen) atoms. The summed E-state index contributed by atoms with van der Waals surface area (Å²) in [4.78, 5) is 12.9. The maximum Gasteiger partial charge on any atom is 0.226 e. The summed E-state index contributed by atoms with van der Waals surface area (Å²) >= 11 is 5.90. The topological polar surface area (TPSA) is 29.1 Å². The van der Waals surface area contributed by atoms with Gasteiger partial charge in [0, 0.05) is 22.4 Å². The molecule has 2 unspecified atom stereocenters. The number of thioether (sulfide) groups is 1. The molecule has 2 atom stereocenters. The Balaban J connectivity index is 1.26. The largest absolute Gasteiger partial charge is 0.355 e. The van der Waals surface area contributed by atoms with Crippen molar-refractivity contribution >= 4 is 33.6 Å². The van der Waals surface area contributed by atoms with Gasteiger partial charge in [0.25, 0.3) is 0 Å². The highest BCUT2D eigenvalue weighted by atomic mass is 79.9. The minimum absolute atomic E-state index is 0.0717. The number of alkyl halides is 1. The number of amides is 1. The van der Waals surface area contributed by atoms with Gasteiger partial charge in [0.1, 0.15) is 0 Å². The fraction of sp³-hybridized carbons (Fsp3) is 0.650. The van der Waals surface area contributed by atoms with Gasteiger partial charge in [-0.15, -0.1) is 0 Å². The Bertz CT molecular complexity index is 591. The molecular formula is C20H26BrNOS. The van der Waals surface area contributed by atoms with Gasteiger partial charge < -0.3 is 5.32 Å². The average molecular weight is 408 g/mol. The fourth-order valence-electron chi connectivity index (χ4n) is 5.60. The molecule has 1 N–H and O–H groups in total. The molecule has 0 saturated heterocycles. The van der Waals surface area contributed by atoms with Gasteiger partial charge in [-0.2, -0.15) is 11.8 Å². The van der Waals surface area contributed by atoms with Crippen LogP contribution in [0.5, 0.6) is 0 Å². The van der Waals surface area contributed by atoms with E-state index < -0.39 is 0 Å². The number of hydrogen-bond acceptors (Lipinski definition) is 2. The van der Waals surface area contributed by atoms with Crippen LogP contribution in [0.4, 0.5) is 0 Å². The van der Waals surface area contributed by atoms with Crippen LogP contribution in [0.15, 0.2) is 30.3 Å². The van der Waals surface area contributed by atoms with Crippen LogP contribution in [0.2, 0.25) is 0 Å². The Morgan fingerprint density at radius 2 is 1.88 bits per heavy atom. The zero-order chi connectivity index (χ0) is 16.6. The second-order valence-corrected chi connectivity index (χ2v) is 11.0. The monoisotopic (exact) mass is 407 g/mol. The van der Waals surface area contributed by atoms with Gasteiger partial charge in [-0.3, -0.25) is 4.79 Å². The van der Waals surface area contributed by atoms with Gasteiger partial charge in [-0.05, 0) is 55.9 Å². The summed E-state index contributed by atoms with van der Waals surface area (Å²) in [6, 6.07) is 10.5. The number of carbonyl (C=O) groups is 1. The highest BCUT2D eigenvalue weighted by molar-refractivity contribution is 9.10. The van der Waals surface area contributed by atoms with Crippen LogP contribution in [0.3, 0.4) is 0 Å². The Morgan fingerprint density at radius 1 is 1.17 bits per heavy atom. The molecule has 4 aliphatic rings. The minimum atomic E-state index is -0.0717. The normalized spacial score (nSPS) is 36.7. The second-order valence-electron chi connectivity index (χ2n) is 8.19. The molecule has 4 saturated carbocycles. The predicted molar refractivity (Wildman–Crippen MR) is 104 cm³/mol. The summed E-state index contributed by atoms with van der Waals surface area (Å²) in [5.74, 6) is 3.88. The van der Waals surface area contributed by atoms with E-state index in [1.807, 2.05) is 11.8 Å². The maximum atomic E-state index is 12.9. The summed E-state index contributed by atoms with van der Waals surface area (Å²) in [6.07, 6.45) is 7.22. The first kappa shape index (κ1) is 17.0. The lowest BCUT2D eigenvalue weighted by molar-refractivity contribution is -0.143. The molecule has 0 aliphatic heterocycles.